The molecule has 1 fully saturated rings. The summed E-state index contributed by atoms with van der Waals surface area (Å²) < 4.78 is 0. The summed E-state index contributed by atoms with van der Waals surface area (Å²) in [6, 6.07) is -0.318. The van der Waals surface area contributed by atoms with E-state index in [0.29, 0.717) is 25.3 Å². The first-order chi connectivity index (χ1) is 9.32. The lowest BCUT2D eigenvalue weighted by Gasteiger charge is -2.47. The standard InChI is InChI=1S/C16H30N2O2/c1-7-12(6)13-14(19)17-16(8-2,9-3)15(20)18(13)10-11(4)5/h11-13H,7-10H2,1-6H3,(H,17,19). The van der Waals surface area contributed by atoms with Crippen molar-refractivity contribution in [1.82, 2.24) is 10.2 Å². The zero-order chi connectivity index (χ0) is 15.5. The van der Waals surface area contributed by atoms with Crippen LogP contribution < -0.4 is 5.32 Å². The Hall–Kier alpha value is -1.06. The van der Waals surface area contributed by atoms with Crippen LogP contribution in [0, 0.1) is 11.8 Å². The summed E-state index contributed by atoms with van der Waals surface area (Å²) in [4.78, 5) is 27.3. The number of carbonyl (C=O) groups is 2. The molecule has 20 heavy (non-hydrogen) atoms. The van der Waals surface area contributed by atoms with E-state index in [9.17, 15) is 9.59 Å². The van der Waals surface area contributed by atoms with Crippen molar-refractivity contribution in [3.8, 4) is 0 Å². The third-order valence-corrected chi connectivity index (χ3v) is 4.59. The number of rotatable bonds is 6. The molecular weight excluding hydrogens is 252 g/mol. The maximum absolute atomic E-state index is 12.9. The number of amides is 2. The van der Waals surface area contributed by atoms with E-state index in [1.54, 1.807) is 0 Å². The monoisotopic (exact) mass is 282 g/mol. The molecule has 1 aliphatic rings. The molecule has 116 valence electrons. The van der Waals surface area contributed by atoms with Crippen molar-refractivity contribution >= 4 is 11.8 Å². The van der Waals surface area contributed by atoms with Gasteiger partial charge in [-0.05, 0) is 24.7 Å². The van der Waals surface area contributed by atoms with Crippen LogP contribution in [0.5, 0.6) is 0 Å². The number of nitrogens with one attached hydrogen (secondary N) is 1. The third-order valence-electron chi connectivity index (χ3n) is 4.59. The van der Waals surface area contributed by atoms with Gasteiger partial charge in [-0.3, -0.25) is 9.59 Å². The molecule has 0 saturated carbocycles. The average Bonchev–Trinajstić information content (AvgIpc) is 2.41. The van der Waals surface area contributed by atoms with Crippen molar-refractivity contribution in [2.24, 2.45) is 11.8 Å². The molecule has 0 bridgehead atoms. The Balaban J connectivity index is 3.17. The van der Waals surface area contributed by atoms with Gasteiger partial charge in [-0.1, -0.05) is 48.0 Å². The van der Waals surface area contributed by atoms with Crippen LogP contribution in [0.15, 0.2) is 0 Å². The highest BCUT2D eigenvalue weighted by Crippen LogP contribution is 2.29. The van der Waals surface area contributed by atoms with E-state index in [2.05, 4.69) is 33.0 Å². The van der Waals surface area contributed by atoms with E-state index < -0.39 is 5.54 Å². The van der Waals surface area contributed by atoms with Crippen LogP contribution in [0.25, 0.3) is 0 Å². The highest BCUT2D eigenvalue weighted by Gasteiger charge is 2.49. The quantitative estimate of drug-likeness (QED) is 0.814. The molecule has 4 nitrogen and oxygen atoms in total. The van der Waals surface area contributed by atoms with Gasteiger partial charge >= 0.3 is 0 Å². The number of piperazine rings is 1. The molecule has 1 aliphatic heterocycles. The fraction of sp³-hybridized carbons (Fsp3) is 0.875. The minimum Gasteiger partial charge on any atom is -0.340 e. The Morgan fingerprint density at radius 3 is 2.10 bits per heavy atom. The summed E-state index contributed by atoms with van der Waals surface area (Å²) in [5.41, 5.74) is -0.698. The van der Waals surface area contributed by atoms with Gasteiger partial charge in [0.05, 0.1) is 0 Å². The predicted molar refractivity (Wildman–Crippen MR) is 81.2 cm³/mol. The minimum atomic E-state index is -0.698. The second-order valence-corrected chi connectivity index (χ2v) is 6.46. The fourth-order valence-corrected chi connectivity index (χ4v) is 3.01. The first kappa shape index (κ1) is 17.0. The normalized spacial score (nSPS) is 23.9. The molecule has 1 saturated heterocycles. The summed E-state index contributed by atoms with van der Waals surface area (Å²) in [5.74, 6) is 0.664. The Morgan fingerprint density at radius 2 is 1.70 bits per heavy atom. The van der Waals surface area contributed by atoms with Gasteiger partial charge in [0, 0.05) is 6.54 Å². The van der Waals surface area contributed by atoms with Crippen LogP contribution in [-0.2, 0) is 9.59 Å². The van der Waals surface area contributed by atoms with Crippen LogP contribution in [0.4, 0.5) is 0 Å². The fourth-order valence-electron chi connectivity index (χ4n) is 3.01. The first-order valence-electron chi connectivity index (χ1n) is 7.96. The molecule has 0 radical (unpaired) electrons. The van der Waals surface area contributed by atoms with Gasteiger partial charge in [-0.25, -0.2) is 0 Å². The third kappa shape index (κ3) is 2.99. The van der Waals surface area contributed by atoms with Crippen molar-refractivity contribution in [3.63, 3.8) is 0 Å². The van der Waals surface area contributed by atoms with Gasteiger partial charge in [-0.15, -0.1) is 0 Å². The summed E-state index contributed by atoms with van der Waals surface area (Å²) in [6.45, 7) is 12.9. The van der Waals surface area contributed by atoms with E-state index in [0.717, 1.165) is 6.42 Å². The van der Waals surface area contributed by atoms with E-state index in [1.807, 2.05) is 18.7 Å². The number of nitrogens with zero attached hydrogens (tertiary/aromatic N) is 1. The average molecular weight is 282 g/mol. The van der Waals surface area contributed by atoms with Crippen molar-refractivity contribution in [2.75, 3.05) is 6.54 Å². The van der Waals surface area contributed by atoms with Gasteiger partial charge in [-0.2, -0.15) is 0 Å². The molecule has 4 heteroatoms. The molecule has 2 amide bonds. The van der Waals surface area contributed by atoms with Crippen LogP contribution >= 0.6 is 0 Å². The van der Waals surface area contributed by atoms with E-state index in [-0.39, 0.29) is 23.8 Å². The van der Waals surface area contributed by atoms with Crippen LogP contribution in [0.1, 0.15) is 60.8 Å². The molecule has 2 unspecified atom stereocenters. The summed E-state index contributed by atoms with van der Waals surface area (Å²) in [7, 11) is 0. The summed E-state index contributed by atoms with van der Waals surface area (Å²) in [5, 5.41) is 3.02. The van der Waals surface area contributed by atoms with Gasteiger partial charge in [0.25, 0.3) is 0 Å². The Kier molecular flexibility index (Phi) is 5.60. The summed E-state index contributed by atoms with van der Waals surface area (Å²) >= 11 is 0. The number of hydrogen-bond acceptors (Lipinski definition) is 2. The second-order valence-electron chi connectivity index (χ2n) is 6.46. The number of hydrogen-bond donors (Lipinski definition) is 1. The largest absolute Gasteiger partial charge is 0.340 e. The van der Waals surface area contributed by atoms with Gasteiger partial charge < -0.3 is 10.2 Å². The molecule has 1 N–H and O–H groups in total. The molecule has 0 aromatic heterocycles. The number of carbonyl (C=O) groups excluding carboxylic acids is 2. The minimum absolute atomic E-state index is 0.0169. The zero-order valence-electron chi connectivity index (χ0n) is 13.8. The molecule has 2 atom stereocenters. The molecular formula is C16H30N2O2. The first-order valence-corrected chi connectivity index (χ1v) is 7.96. The van der Waals surface area contributed by atoms with E-state index in [1.165, 1.54) is 0 Å². The lowest BCUT2D eigenvalue weighted by Crippen LogP contribution is -2.71. The second kappa shape index (κ2) is 6.59. The molecule has 1 rings (SSSR count). The van der Waals surface area contributed by atoms with Crippen molar-refractivity contribution < 1.29 is 9.59 Å². The van der Waals surface area contributed by atoms with Gasteiger partial charge in [0.1, 0.15) is 11.6 Å². The molecule has 0 aromatic rings. The smallest absolute Gasteiger partial charge is 0.249 e. The van der Waals surface area contributed by atoms with Crippen molar-refractivity contribution in [3.05, 3.63) is 0 Å². The maximum atomic E-state index is 12.9. The van der Waals surface area contributed by atoms with Crippen LogP contribution in [0.3, 0.4) is 0 Å². The predicted octanol–water partition coefficient (Wildman–Crippen LogP) is 2.57. The lowest BCUT2D eigenvalue weighted by molar-refractivity contribution is -0.158. The summed E-state index contributed by atoms with van der Waals surface area (Å²) in [6.07, 6.45) is 2.19. The molecule has 0 aromatic carbocycles. The van der Waals surface area contributed by atoms with E-state index >= 15 is 0 Å². The van der Waals surface area contributed by atoms with Crippen molar-refractivity contribution in [2.45, 2.75) is 72.4 Å². The Bertz CT molecular complexity index is 361. The highest BCUT2D eigenvalue weighted by atomic mass is 16.2. The topological polar surface area (TPSA) is 49.4 Å². The van der Waals surface area contributed by atoms with E-state index in [4.69, 9.17) is 0 Å². The Morgan fingerprint density at radius 1 is 1.15 bits per heavy atom. The van der Waals surface area contributed by atoms with Crippen molar-refractivity contribution in [1.29, 1.82) is 0 Å². The molecule has 1 heterocycles. The Labute approximate surface area is 123 Å². The molecule has 0 aliphatic carbocycles. The van der Waals surface area contributed by atoms with Crippen LogP contribution in [0.2, 0.25) is 0 Å². The van der Waals surface area contributed by atoms with Gasteiger partial charge in [0.15, 0.2) is 0 Å². The SMILES string of the molecule is CCC(C)C1C(=O)NC(CC)(CC)C(=O)N1CC(C)C. The van der Waals surface area contributed by atoms with Crippen LogP contribution in [-0.4, -0.2) is 34.8 Å². The molecule has 0 spiro atoms. The highest BCUT2D eigenvalue weighted by molar-refractivity contribution is 6.00. The van der Waals surface area contributed by atoms with Gasteiger partial charge in [0.2, 0.25) is 11.8 Å². The maximum Gasteiger partial charge on any atom is 0.249 e. The zero-order valence-corrected chi connectivity index (χ0v) is 13.8. The lowest BCUT2D eigenvalue weighted by atomic mass is 9.83.